The molecule has 0 radical (unpaired) electrons. The molecule has 0 N–H and O–H groups in total. The zero-order chi connectivity index (χ0) is 80.2. The van der Waals surface area contributed by atoms with Gasteiger partial charge in [0.05, 0.1) is 65.0 Å². The Balaban J connectivity index is 0.000000110. The molecule has 14 nitrogen and oxygen atoms in total. The molecule has 0 aromatic heterocycles. The van der Waals surface area contributed by atoms with Crippen LogP contribution in [0.2, 0.25) is 5.02 Å². The molecule has 5 fully saturated rings. The van der Waals surface area contributed by atoms with Gasteiger partial charge in [-0.05, 0) is 238 Å². The van der Waals surface area contributed by atoms with Crippen molar-refractivity contribution in [3.05, 3.63) is 319 Å². The van der Waals surface area contributed by atoms with Gasteiger partial charge in [0.15, 0.2) is 0 Å². The molecule has 10 heterocycles. The number of rotatable bonds is 13. The molecule has 0 unspecified atom stereocenters. The Morgan fingerprint density at radius 2 is 0.701 bits per heavy atom. The molecule has 117 heavy (non-hydrogen) atoms. The maximum absolute atomic E-state index is 9.24. The van der Waals surface area contributed by atoms with Crippen LogP contribution in [0.15, 0.2) is 231 Å². The van der Waals surface area contributed by atoms with Crippen LogP contribution in [-0.2, 0) is 59.8 Å². The highest BCUT2D eigenvalue weighted by Gasteiger charge is 2.48. The number of methoxy groups -OCH3 is 1. The first-order valence-corrected chi connectivity index (χ1v) is 42.9. The monoisotopic (exact) mass is 1580 g/mol. The van der Waals surface area contributed by atoms with Crippen molar-refractivity contribution in [3.63, 3.8) is 0 Å². The number of piperidine rings is 5. The number of fused-ring (bicyclic) bond motifs is 10. The maximum atomic E-state index is 9.24. The van der Waals surface area contributed by atoms with E-state index in [-0.39, 0.29) is 27.1 Å². The zero-order valence-electron chi connectivity index (χ0n) is 68.7. The number of hydrogen-bond donors (Lipinski definition) is 0. The number of nitrogens with zero attached hydrogens (tertiary/aromatic N) is 7. The van der Waals surface area contributed by atoms with Gasteiger partial charge in [-0.3, -0.25) is 24.5 Å². The summed E-state index contributed by atoms with van der Waals surface area (Å²) in [5.41, 5.74) is 18.4. The third kappa shape index (κ3) is 18.0. The fraction of sp³-hybridized carbons (Fsp3) is 0.392. The second-order valence-corrected chi connectivity index (χ2v) is 34.6. The van der Waals surface area contributed by atoms with Crippen LogP contribution < -0.4 is 33.2 Å². The molecule has 20 rings (SSSR count). The lowest BCUT2D eigenvalue weighted by atomic mass is 9.74. The van der Waals surface area contributed by atoms with Crippen molar-refractivity contribution >= 4 is 17.3 Å². The van der Waals surface area contributed by atoms with Crippen LogP contribution in [0.5, 0.6) is 40.2 Å². The molecule has 0 saturated carbocycles. The topological polar surface area (TPSA) is 109 Å². The Labute approximate surface area is 698 Å². The van der Waals surface area contributed by atoms with Crippen molar-refractivity contribution in [1.29, 1.82) is 5.26 Å². The molecule has 15 heteroatoms. The van der Waals surface area contributed by atoms with E-state index in [9.17, 15) is 5.26 Å². The molecule has 0 bridgehead atoms. The Hall–Kier alpha value is -10.1. The minimum Gasteiger partial charge on any atom is -0.508 e. The first-order valence-electron chi connectivity index (χ1n) is 42.5. The molecule has 10 aliphatic heterocycles. The van der Waals surface area contributed by atoms with Gasteiger partial charge in [0.1, 0.15) is 40.2 Å². The van der Waals surface area contributed by atoms with Gasteiger partial charge >= 0.3 is 0 Å². The summed E-state index contributed by atoms with van der Waals surface area (Å²) >= 11 is 6.28. The maximum Gasteiger partial charge on any atom is 0.228 e. The van der Waals surface area contributed by atoms with E-state index in [1.807, 2.05) is 67.6 Å². The standard InChI is InChI=1S/C22H27NO2.C21H22N2O2.C20H20N2O.C20H23NO.C19H20ClNO/c1-3-24-21-14-18(9-8-17(21)2)15-23-12-10-22(11-13-23)16-25-20-7-5-4-6-19(20)22;1-22-18-8-7-16(13-20(18)24-2)14-23-11-9-21(10-12-23)15-25-19-6-4-3-5-17(19)21;21-13-16-5-1-2-6-17(16)14-22-11-9-20(10-12-22)15-23-19-8-4-3-7-18(19)20;1-16-6-8-17(9-7-16)14-21-12-10-20(11-13-21)15-22-19-5-3-2-4-18(19)20;20-17-7-3-1-5-15(17)13-21-11-9-19(10-12-21)14-22-18-8-4-2-6-16(18)19/h4-9,14H,3,10-13,15-16H2,1-2H3;3-8,13H,9-12,14-15H2,2H3;1-8H,9-12,14-15H2;2-9H,10-15H2,1H3;1-8H,9-14H2. The van der Waals surface area contributed by atoms with Crippen LogP contribution in [0.1, 0.15) is 143 Å². The number of benzene rings is 10. The first-order chi connectivity index (χ1) is 57.3. The number of hydrogen-bond acceptors (Lipinski definition) is 13. The van der Waals surface area contributed by atoms with E-state index in [1.165, 1.54) is 86.9 Å². The van der Waals surface area contributed by atoms with E-state index in [2.05, 4.69) is 219 Å². The summed E-state index contributed by atoms with van der Waals surface area (Å²) in [6, 6.07) is 82.5. The second kappa shape index (κ2) is 36.4. The summed E-state index contributed by atoms with van der Waals surface area (Å²) < 4.78 is 40.8. The van der Waals surface area contributed by atoms with Crippen molar-refractivity contribution in [2.45, 2.75) is 145 Å². The summed E-state index contributed by atoms with van der Waals surface area (Å²) in [7, 11) is 1.62. The van der Waals surface area contributed by atoms with Gasteiger partial charge in [-0.25, -0.2) is 4.85 Å². The fourth-order valence-electron chi connectivity index (χ4n) is 19.7. The first kappa shape index (κ1) is 80.7. The Morgan fingerprint density at radius 1 is 0.385 bits per heavy atom. The molecular formula is C102H112ClN7O7. The molecule has 604 valence electrons. The van der Waals surface area contributed by atoms with Crippen LogP contribution in [0.4, 0.5) is 5.69 Å². The van der Waals surface area contributed by atoms with Gasteiger partial charge in [-0.2, -0.15) is 5.26 Å². The summed E-state index contributed by atoms with van der Waals surface area (Å²) in [5.74, 6) is 7.10. The molecule has 0 aliphatic carbocycles. The van der Waals surface area contributed by atoms with Gasteiger partial charge in [0.25, 0.3) is 0 Å². The average Bonchev–Trinajstić information content (AvgIpc) is 1.66. The van der Waals surface area contributed by atoms with Crippen molar-refractivity contribution < 1.29 is 33.2 Å². The zero-order valence-corrected chi connectivity index (χ0v) is 69.5. The summed E-state index contributed by atoms with van der Waals surface area (Å²) in [6.45, 7) is 34.1. The van der Waals surface area contributed by atoms with Gasteiger partial charge in [0, 0.05) is 92.6 Å². The highest BCUT2D eigenvalue weighted by atomic mass is 35.5. The van der Waals surface area contributed by atoms with Gasteiger partial charge in [-0.1, -0.05) is 193 Å². The minimum atomic E-state index is 0.193. The molecule has 10 aromatic carbocycles. The van der Waals surface area contributed by atoms with Crippen LogP contribution >= 0.6 is 11.6 Å². The van der Waals surface area contributed by atoms with Crippen molar-refractivity contribution in [2.24, 2.45) is 0 Å². The van der Waals surface area contributed by atoms with Gasteiger partial charge in [-0.15, -0.1) is 0 Å². The normalized spacial score (nSPS) is 19.2. The van der Waals surface area contributed by atoms with E-state index < -0.39 is 0 Å². The predicted octanol–water partition coefficient (Wildman–Crippen LogP) is 20.2. The average molecular weight is 1580 g/mol. The van der Waals surface area contributed by atoms with E-state index in [0.717, 1.165) is 227 Å². The Kier molecular flexibility index (Phi) is 25.1. The minimum absolute atomic E-state index is 0.193. The predicted molar refractivity (Wildman–Crippen MR) is 466 cm³/mol. The molecule has 10 aromatic rings. The number of para-hydroxylation sites is 5. The number of aryl methyl sites for hydroxylation is 2. The van der Waals surface area contributed by atoms with Crippen LogP contribution in [0.3, 0.4) is 0 Å². The number of likely N-dealkylation sites (tertiary alicyclic amines) is 5. The second-order valence-electron chi connectivity index (χ2n) is 34.2. The van der Waals surface area contributed by atoms with Crippen molar-refractivity contribution in [2.75, 3.05) is 112 Å². The highest BCUT2D eigenvalue weighted by Crippen LogP contribution is 2.51. The summed E-state index contributed by atoms with van der Waals surface area (Å²) in [4.78, 5) is 16.1. The number of ether oxygens (including phenoxy) is 7. The number of halogens is 1. The van der Waals surface area contributed by atoms with E-state index >= 15 is 0 Å². The molecule has 5 saturated heterocycles. The van der Waals surface area contributed by atoms with E-state index in [1.54, 1.807) is 7.11 Å². The van der Waals surface area contributed by atoms with Crippen LogP contribution in [-0.4, -0.2) is 137 Å². The summed E-state index contributed by atoms with van der Waals surface area (Å²) in [6.07, 6.45) is 11.6. The Bertz CT molecular complexity index is 5130. The van der Waals surface area contributed by atoms with Crippen LogP contribution in [0.25, 0.3) is 4.85 Å². The highest BCUT2D eigenvalue weighted by molar-refractivity contribution is 6.31. The van der Waals surface area contributed by atoms with E-state index in [0.29, 0.717) is 11.4 Å². The SMILES string of the molecule is CCOc1cc(CN2CCC3(CC2)COc2ccccc23)ccc1C.Cc1ccc(CN2CCC3(CC2)COc2ccccc23)cc1.Clc1ccccc1CN1CCC2(CC1)COc1ccccc12.N#Cc1ccccc1CN1CCC2(CC1)COc1ccccc12.[C-]#[N+]c1ccc(CN2CCC3(CC2)COc2ccccc23)cc1OC. The van der Waals surface area contributed by atoms with Gasteiger partial charge in [0.2, 0.25) is 5.69 Å². The Morgan fingerprint density at radius 3 is 1.07 bits per heavy atom. The molecule has 0 amide bonds. The molecular weight excluding hydrogens is 1470 g/mol. The van der Waals surface area contributed by atoms with Gasteiger partial charge < -0.3 is 33.2 Å². The van der Waals surface area contributed by atoms with Crippen LogP contribution in [0, 0.1) is 31.8 Å². The number of nitriles is 1. The molecule has 10 aliphatic rings. The third-order valence-corrected chi connectivity index (χ3v) is 27.4. The fourth-order valence-corrected chi connectivity index (χ4v) is 19.9. The van der Waals surface area contributed by atoms with Crippen molar-refractivity contribution in [3.8, 4) is 46.3 Å². The third-order valence-electron chi connectivity index (χ3n) is 27.0. The largest absolute Gasteiger partial charge is 0.508 e. The smallest absolute Gasteiger partial charge is 0.228 e. The lowest BCUT2D eigenvalue weighted by Gasteiger charge is -2.38. The quantitative estimate of drug-likeness (QED) is 0.102. The summed E-state index contributed by atoms with van der Waals surface area (Å²) in [5, 5.41) is 10.1. The lowest BCUT2D eigenvalue weighted by molar-refractivity contribution is 0.130. The van der Waals surface area contributed by atoms with E-state index in [4.69, 9.17) is 51.3 Å². The lowest BCUT2D eigenvalue weighted by Crippen LogP contribution is -2.43. The molecule has 5 spiro atoms. The molecule has 0 atom stereocenters. The van der Waals surface area contributed by atoms with Crippen molar-refractivity contribution in [1.82, 2.24) is 24.5 Å².